The van der Waals surface area contributed by atoms with Crippen molar-refractivity contribution in [2.24, 2.45) is 5.92 Å². The molecule has 0 aromatic heterocycles. The zero-order chi connectivity index (χ0) is 15.4. The van der Waals surface area contributed by atoms with Crippen LogP contribution in [0.15, 0.2) is 18.2 Å². The summed E-state index contributed by atoms with van der Waals surface area (Å²) in [5.41, 5.74) is 5.85. The first kappa shape index (κ1) is 15.3. The first-order valence-electron chi connectivity index (χ1n) is 7.08. The largest absolute Gasteiger partial charge is 0.396 e. The summed E-state index contributed by atoms with van der Waals surface area (Å²) in [6, 6.07) is 4.00. The van der Waals surface area contributed by atoms with Crippen molar-refractivity contribution in [2.45, 2.75) is 26.2 Å². The van der Waals surface area contributed by atoms with Gasteiger partial charge in [-0.2, -0.15) is 0 Å². The van der Waals surface area contributed by atoms with Gasteiger partial charge >= 0.3 is 0 Å². The van der Waals surface area contributed by atoms with Gasteiger partial charge in [0.1, 0.15) is 5.82 Å². The fourth-order valence-corrected chi connectivity index (χ4v) is 2.34. The Bertz CT molecular complexity index is 548. The van der Waals surface area contributed by atoms with E-state index >= 15 is 0 Å². The van der Waals surface area contributed by atoms with E-state index in [1.807, 2.05) is 0 Å². The Morgan fingerprint density at radius 2 is 2.24 bits per heavy atom. The molecule has 0 bridgehead atoms. The van der Waals surface area contributed by atoms with E-state index in [9.17, 15) is 14.0 Å². The molecule has 1 heterocycles. The van der Waals surface area contributed by atoms with Gasteiger partial charge in [-0.05, 0) is 37.0 Å². The minimum Gasteiger partial charge on any atom is -0.396 e. The maximum atomic E-state index is 13.1. The van der Waals surface area contributed by atoms with E-state index in [2.05, 4.69) is 12.2 Å². The number of nitrogens with two attached hydrogens (primary N) is 1. The van der Waals surface area contributed by atoms with Crippen molar-refractivity contribution in [1.82, 2.24) is 4.90 Å². The molecular formula is C15H20FN3O2. The Labute approximate surface area is 123 Å². The SMILES string of the molecule is CC1CCC(=O)N(CC(=O)Nc2ccc(F)c(N)c2)CC1. The van der Waals surface area contributed by atoms with Crippen LogP contribution < -0.4 is 11.1 Å². The third-order valence-electron chi connectivity index (χ3n) is 3.71. The summed E-state index contributed by atoms with van der Waals surface area (Å²) >= 11 is 0. The molecule has 6 heteroatoms. The Balaban J connectivity index is 1.94. The van der Waals surface area contributed by atoms with Crippen LogP contribution in [0, 0.1) is 11.7 Å². The molecular weight excluding hydrogens is 273 g/mol. The predicted molar refractivity (Wildman–Crippen MR) is 79.0 cm³/mol. The lowest BCUT2D eigenvalue weighted by molar-refractivity contribution is -0.134. The van der Waals surface area contributed by atoms with Gasteiger partial charge in [-0.1, -0.05) is 6.92 Å². The molecule has 5 nitrogen and oxygen atoms in total. The van der Waals surface area contributed by atoms with Gasteiger partial charge in [-0.15, -0.1) is 0 Å². The van der Waals surface area contributed by atoms with Crippen molar-refractivity contribution in [2.75, 3.05) is 24.1 Å². The fraction of sp³-hybridized carbons (Fsp3) is 0.467. The molecule has 1 fully saturated rings. The topological polar surface area (TPSA) is 75.4 Å². The molecule has 1 aromatic carbocycles. The summed E-state index contributed by atoms with van der Waals surface area (Å²) in [6.45, 7) is 2.72. The number of hydrogen-bond acceptors (Lipinski definition) is 3. The number of nitrogen functional groups attached to an aromatic ring is 1. The van der Waals surface area contributed by atoms with E-state index in [4.69, 9.17) is 5.73 Å². The maximum absolute atomic E-state index is 13.1. The van der Waals surface area contributed by atoms with Crippen LogP contribution in [0.4, 0.5) is 15.8 Å². The second-order valence-corrected chi connectivity index (χ2v) is 5.53. The fourth-order valence-electron chi connectivity index (χ4n) is 2.34. The highest BCUT2D eigenvalue weighted by Gasteiger charge is 2.22. The molecule has 1 aromatic rings. The van der Waals surface area contributed by atoms with E-state index in [1.165, 1.54) is 18.2 Å². The normalized spacial score (nSPS) is 19.2. The molecule has 0 saturated carbocycles. The van der Waals surface area contributed by atoms with Crippen molar-refractivity contribution in [3.05, 3.63) is 24.0 Å². The van der Waals surface area contributed by atoms with Gasteiger partial charge in [0, 0.05) is 18.7 Å². The number of nitrogens with one attached hydrogen (secondary N) is 1. The minimum absolute atomic E-state index is 0.00752. The monoisotopic (exact) mass is 293 g/mol. The van der Waals surface area contributed by atoms with Crippen LogP contribution >= 0.6 is 0 Å². The maximum Gasteiger partial charge on any atom is 0.243 e. The first-order valence-corrected chi connectivity index (χ1v) is 7.08. The van der Waals surface area contributed by atoms with E-state index in [-0.39, 0.29) is 24.0 Å². The van der Waals surface area contributed by atoms with Gasteiger partial charge in [0.25, 0.3) is 0 Å². The van der Waals surface area contributed by atoms with Crippen LogP contribution in [0.5, 0.6) is 0 Å². The zero-order valence-electron chi connectivity index (χ0n) is 12.1. The number of hydrogen-bond donors (Lipinski definition) is 2. The van der Waals surface area contributed by atoms with Gasteiger partial charge in [0.15, 0.2) is 0 Å². The number of halogens is 1. The van der Waals surface area contributed by atoms with Crippen LogP contribution in [-0.2, 0) is 9.59 Å². The van der Waals surface area contributed by atoms with Gasteiger partial charge in [-0.25, -0.2) is 4.39 Å². The number of nitrogens with zero attached hydrogens (tertiary/aromatic N) is 1. The van der Waals surface area contributed by atoms with Crippen molar-refractivity contribution in [3.63, 3.8) is 0 Å². The molecule has 3 N–H and O–H groups in total. The van der Waals surface area contributed by atoms with Crippen molar-refractivity contribution < 1.29 is 14.0 Å². The predicted octanol–water partition coefficient (Wildman–Crippen LogP) is 2.00. The van der Waals surface area contributed by atoms with Crippen LogP contribution in [0.3, 0.4) is 0 Å². The second-order valence-electron chi connectivity index (χ2n) is 5.53. The zero-order valence-corrected chi connectivity index (χ0v) is 12.1. The Morgan fingerprint density at radius 3 is 2.95 bits per heavy atom. The Kier molecular flexibility index (Phi) is 4.77. The van der Waals surface area contributed by atoms with Crippen LogP contribution in [0.1, 0.15) is 26.2 Å². The van der Waals surface area contributed by atoms with E-state index < -0.39 is 5.82 Å². The molecule has 1 aliphatic heterocycles. The third-order valence-corrected chi connectivity index (χ3v) is 3.71. The second kappa shape index (κ2) is 6.56. The standard InChI is InChI=1S/C15H20FN3O2/c1-10-2-5-15(21)19(7-6-10)9-14(20)18-11-3-4-12(16)13(17)8-11/h3-4,8,10H,2,5-7,9,17H2,1H3,(H,18,20). The number of amides is 2. The molecule has 1 aliphatic rings. The molecule has 0 radical (unpaired) electrons. The smallest absolute Gasteiger partial charge is 0.243 e. The first-order chi connectivity index (χ1) is 9.95. The van der Waals surface area contributed by atoms with Crippen molar-refractivity contribution >= 4 is 23.2 Å². The number of carbonyl (C=O) groups excluding carboxylic acids is 2. The lowest BCUT2D eigenvalue weighted by atomic mass is 10.0. The number of rotatable bonds is 3. The van der Waals surface area contributed by atoms with Crippen LogP contribution in [0.25, 0.3) is 0 Å². The molecule has 114 valence electrons. The summed E-state index contributed by atoms with van der Waals surface area (Å²) in [5, 5.41) is 2.63. The lowest BCUT2D eigenvalue weighted by Crippen LogP contribution is -2.37. The van der Waals surface area contributed by atoms with Crippen LogP contribution in [-0.4, -0.2) is 29.8 Å². The molecule has 0 aliphatic carbocycles. The third kappa shape index (κ3) is 4.18. The molecule has 1 saturated heterocycles. The molecule has 2 amide bonds. The highest BCUT2D eigenvalue weighted by Crippen LogP contribution is 2.18. The molecule has 2 rings (SSSR count). The number of benzene rings is 1. The molecule has 21 heavy (non-hydrogen) atoms. The lowest BCUT2D eigenvalue weighted by Gasteiger charge is -2.20. The number of carbonyl (C=O) groups is 2. The number of likely N-dealkylation sites (tertiary alicyclic amines) is 1. The summed E-state index contributed by atoms with van der Waals surface area (Å²) < 4.78 is 13.1. The summed E-state index contributed by atoms with van der Waals surface area (Å²) in [6.07, 6.45) is 2.26. The minimum atomic E-state index is -0.523. The van der Waals surface area contributed by atoms with Gasteiger partial charge in [-0.3, -0.25) is 9.59 Å². The van der Waals surface area contributed by atoms with E-state index in [0.717, 1.165) is 12.8 Å². The highest BCUT2D eigenvalue weighted by molar-refractivity contribution is 5.94. The van der Waals surface area contributed by atoms with Crippen molar-refractivity contribution in [1.29, 1.82) is 0 Å². The Hall–Kier alpha value is -2.11. The summed E-state index contributed by atoms with van der Waals surface area (Å²) in [7, 11) is 0. The number of anilines is 2. The molecule has 1 unspecified atom stereocenters. The van der Waals surface area contributed by atoms with E-state index in [0.29, 0.717) is 24.6 Å². The van der Waals surface area contributed by atoms with E-state index in [1.54, 1.807) is 4.90 Å². The molecule has 1 atom stereocenters. The Morgan fingerprint density at radius 1 is 1.48 bits per heavy atom. The summed E-state index contributed by atoms with van der Waals surface area (Å²) in [4.78, 5) is 25.5. The van der Waals surface area contributed by atoms with Gasteiger partial charge < -0.3 is 16.0 Å². The van der Waals surface area contributed by atoms with Gasteiger partial charge in [0.2, 0.25) is 11.8 Å². The summed E-state index contributed by atoms with van der Waals surface area (Å²) in [5.74, 6) is -0.319. The highest BCUT2D eigenvalue weighted by atomic mass is 19.1. The van der Waals surface area contributed by atoms with Crippen LogP contribution in [0.2, 0.25) is 0 Å². The average molecular weight is 293 g/mol. The molecule has 0 spiro atoms. The quantitative estimate of drug-likeness (QED) is 0.837. The van der Waals surface area contributed by atoms with Crippen molar-refractivity contribution in [3.8, 4) is 0 Å². The van der Waals surface area contributed by atoms with Gasteiger partial charge in [0.05, 0.1) is 12.2 Å². The average Bonchev–Trinajstić information content (AvgIpc) is 2.58.